The van der Waals surface area contributed by atoms with Crippen molar-refractivity contribution in [3.05, 3.63) is 42.2 Å². The Hall–Kier alpha value is -2.09. The van der Waals surface area contributed by atoms with Gasteiger partial charge in [-0.05, 0) is 69.0 Å². The number of rotatable bonds is 5. The molecule has 3 N–H and O–H groups in total. The topological polar surface area (TPSA) is 88.4 Å². The van der Waals surface area contributed by atoms with E-state index in [0.29, 0.717) is 23.2 Å². The minimum Gasteiger partial charge on any atom is -0.488 e. The van der Waals surface area contributed by atoms with Crippen LogP contribution in [0, 0.1) is 0 Å². The van der Waals surface area contributed by atoms with Gasteiger partial charge in [0.25, 0.3) is 5.91 Å². The maximum absolute atomic E-state index is 12.5. The van der Waals surface area contributed by atoms with Gasteiger partial charge >= 0.3 is 0 Å². The van der Waals surface area contributed by atoms with Crippen molar-refractivity contribution in [3.63, 3.8) is 0 Å². The minimum atomic E-state index is -0.400. The van der Waals surface area contributed by atoms with E-state index in [9.17, 15) is 9.90 Å². The van der Waals surface area contributed by atoms with E-state index in [1.54, 1.807) is 6.07 Å². The molecule has 1 aliphatic heterocycles. The van der Waals surface area contributed by atoms with Gasteiger partial charge in [0, 0.05) is 18.4 Å². The fraction of sp³-hybridized carbons (Fsp3) is 0.524. The number of piperidine rings is 1. The molecule has 0 radical (unpaired) electrons. The number of hydrogen-bond acceptors (Lipinski definition) is 5. The van der Waals surface area contributed by atoms with Crippen molar-refractivity contribution in [3.8, 4) is 5.75 Å². The van der Waals surface area contributed by atoms with Crippen LogP contribution in [0.1, 0.15) is 55.1 Å². The Kier molecular flexibility index (Phi) is 7.52. The molecule has 2 heterocycles. The fourth-order valence-electron chi connectivity index (χ4n) is 3.92. The lowest BCUT2D eigenvalue weighted by Crippen LogP contribution is -2.34. The van der Waals surface area contributed by atoms with Gasteiger partial charge in [0.2, 0.25) is 0 Å². The predicted octanol–water partition coefficient (Wildman–Crippen LogP) is 3.16. The Balaban J connectivity index is 0.00000240. The number of aliphatic hydroxyl groups excluding tert-OH is 1. The summed E-state index contributed by atoms with van der Waals surface area (Å²) < 4.78 is 7.78. The Morgan fingerprint density at radius 2 is 1.93 bits per heavy atom. The lowest BCUT2D eigenvalue weighted by atomic mass is 9.95. The number of aliphatic hydroxyl groups is 1. The molecule has 0 spiro atoms. The number of aromatic nitrogens is 2. The van der Waals surface area contributed by atoms with Crippen molar-refractivity contribution in [1.29, 1.82) is 0 Å². The normalized spacial score (nSPS) is 24.4. The van der Waals surface area contributed by atoms with Crippen LogP contribution >= 0.6 is 12.4 Å². The third kappa shape index (κ3) is 5.50. The molecule has 158 valence electrons. The molecule has 1 aromatic carbocycles. The van der Waals surface area contributed by atoms with E-state index in [4.69, 9.17) is 4.74 Å². The molecule has 4 rings (SSSR count). The summed E-state index contributed by atoms with van der Waals surface area (Å²) >= 11 is 0. The van der Waals surface area contributed by atoms with Crippen LogP contribution in [0.3, 0.4) is 0 Å². The Morgan fingerprint density at radius 3 is 2.66 bits per heavy atom. The highest BCUT2D eigenvalue weighted by Crippen LogP contribution is 2.25. The van der Waals surface area contributed by atoms with Gasteiger partial charge in [-0.2, -0.15) is 5.10 Å². The highest BCUT2D eigenvalue weighted by Gasteiger charge is 2.24. The largest absolute Gasteiger partial charge is 0.488 e. The summed E-state index contributed by atoms with van der Waals surface area (Å²) in [4.78, 5) is 12.5. The average molecular weight is 421 g/mol. The highest BCUT2D eigenvalue weighted by atomic mass is 35.5. The second-order valence-corrected chi connectivity index (χ2v) is 7.67. The average Bonchev–Trinajstić information content (AvgIpc) is 3.22. The summed E-state index contributed by atoms with van der Waals surface area (Å²) in [7, 11) is 0. The second-order valence-electron chi connectivity index (χ2n) is 7.67. The monoisotopic (exact) mass is 420 g/mol. The van der Waals surface area contributed by atoms with E-state index in [2.05, 4.69) is 15.7 Å². The van der Waals surface area contributed by atoms with Crippen LogP contribution in [0.4, 0.5) is 5.69 Å². The predicted molar refractivity (Wildman–Crippen MR) is 114 cm³/mol. The Bertz CT molecular complexity index is 789. The first-order chi connectivity index (χ1) is 13.7. The van der Waals surface area contributed by atoms with Crippen LogP contribution in [-0.4, -0.2) is 46.1 Å². The smallest absolute Gasteiger partial charge is 0.276 e. The molecule has 3 atom stereocenters. The van der Waals surface area contributed by atoms with Gasteiger partial charge < -0.3 is 20.5 Å². The van der Waals surface area contributed by atoms with Gasteiger partial charge in [-0.15, -0.1) is 12.4 Å². The van der Waals surface area contributed by atoms with Gasteiger partial charge in [0.15, 0.2) is 5.69 Å². The van der Waals surface area contributed by atoms with Crippen LogP contribution in [0.5, 0.6) is 5.75 Å². The number of hydrogen-bond donors (Lipinski definition) is 3. The first-order valence-electron chi connectivity index (χ1n) is 10.2. The number of nitrogens with one attached hydrogen (secondary N) is 2. The zero-order valence-electron chi connectivity index (χ0n) is 16.4. The zero-order chi connectivity index (χ0) is 19.3. The summed E-state index contributed by atoms with van der Waals surface area (Å²) in [5.74, 6) is 0.483. The summed E-state index contributed by atoms with van der Waals surface area (Å²) in [6, 6.07) is 9.33. The van der Waals surface area contributed by atoms with Crippen LogP contribution < -0.4 is 15.4 Å². The van der Waals surface area contributed by atoms with Gasteiger partial charge in [-0.1, -0.05) is 6.42 Å². The molecule has 1 aliphatic carbocycles. The molecule has 7 nitrogen and oxygen atoms in total. The number of ether oxygens (including phenoxy) is 1. The summed E-state index contributed by atoms with van der Waals surface area (Å²) in [6.45, 7) is 1.93. The summed E-state index contributed by atoms with van der Waals surface area (Å²) in [6.07, 6.45) is 7.33. The van der Waals surface area contributed by atoms with Crippen molar-refractivity contribution >= 4 is 24.0 Å². The third-order valence-electron chi connectivity index (χ3n) is 5.55. The summed E-state index contributed by atoms with van der Waals surface area (Å²) in [5, 5.41) is 20.7. The lowest BCUT2D eigenvalue weighted by Gasteiger charge is -2.28. The maximum atomic E-state index is 12.5. The number of nitrogens with zero attached hydrogens (tertiary/aromatic N) is 2. The molecule has 1 saturated carbocycles. The molecular formula is C21H29ClN4O3. The van der Waals surface area contributed by atoms with E-state index >= 15 is 0 Å². The van der Waals surface area contributed by atoms with Crippen LogP contribution in [-0.2, 0) is 0 Å². The minimum absolute atomic E-state index is 0. The number of halogens is 1. The number of carbonyl (C=O) groups is 1. The third-order valence-corrected chi connectivity index (χ3v) is 5.55. The van der Waals surface area contributed by atoms with E-state index in [-0.39, 0.29) is 24.4 Å². The second kappa shape index (κ2) is 10.1. The highest BCUT2D eigenvalue weighted by molar-refractivity contribution is 6.02. The molecule has 8 heteroatoms. The van der Waals surface area contributed by atoms with Crippen molar-refractivity contribution in [1.82, 2.24) is 15.1 Å². The van der Waals surface area contributed by atoms with Crippen molar-refractivity contribution in [2.75, 3.05) is 18.4 Å². The molecule has 1 aromatic heterocycles. The van der Waals surface area contributed by atoms with Gasteiger partial charge in [0.1, 0.15) is 11.9 Å². The van der Waals surface area contributed by atoms with Crippen LogP contribution in [0.25, 0.3) is 0 Å². The molecule has 1 saturated heterocycles. The maximum Gasteiger partial charge on any atom is 0.276 e. The standard InChI is InChI=1S/C21H28N4O3.ClH/c26-19-5-1-2-6-20(19)28-17-9-7-15(8-10-17)23-21(27)18-11-13-25(24-18)16-4-3-12-22-14-16;/h7-11,13,16,19-20,22,26H,1-6,12,14H2,(H,23,27);1H. The van der Waals surface area contributed by atoms with Gasteiger partial charge in [0.05, 0.1) is 12.1 Å². The quantitative estimate of drug-likeness (QED) is 0.691. The van der Waals surface area contributed by atoms with Gasteiger partial charge in [-0.3, -0.25) is 9.48 Å². The number of benzene rings is 1. The number of carbonyl (C=O) groups excluding carboxylic acids is 1. The lowest BCUT2D eigenvalue weighted by molar-refractivity contribution is 0.00688. The Labute approximate surface area is 177 Å². The summed E-state index contributed by atoms with van der Waals surface area (Å²) in [5.41, 5.74) is 1.10. The van der Waals surface area contributed by atoms with Crippen LogP contribution in [0.15, 0.2) is 36.5 Å². The fourth-order valence-corrected chi connectivity index (χ4v) is 3.92. The number of anilines is 1. The first-order valence-corrected chi connectivity index (χ1v) is 10.2. The van der Waals surface area contributed by atoms with E-state index < -0.39 is 6.10 Å². The van der Waals surface area contributed by atoms with Crippen molar-refractivity contribution in [2.24, 2.45) is 0 Å². The van der Waals surface area contributed by atoms with E-state index in [1.807, 2.05) is 35.1 Å². The molecule has 29 heavy (non-hydrogen) atoms. The van der Waals surface area contributed by atoms with E-state index in [0.717, 1.165) is 51.6 Å². The van der Waals surface area contributed by atoms with Crippen LogP contribution in [0.2, 0.25) is 0 Å². The molecule has 0 bridgehead atoms. The zero-order valence-corrected chi connectivity index (χ0v) is 17.2. The molecule has 1 amide bonds. The van der Waals surface area contributed by atoms with E-state index in [1.165, 1.54) is 0 Å². The molecule has 2 fully saturated rings. The first kappa shape index (κ1) is 21.6. The van der Waals surface area contributed by atoms with Gasteiger partial charge in [-0.25, -0.2) is 0 Å². The van der Waals surface area contributed by atoms with Crippen molar-refractivity contribution in [2.45, 2.75) is 56.8 Å². The SMILES string of the molecule is Cl.O=C(Nc1ccc(OC2CCCCC2O)cc1)c1ccn(C2CCCNC2)n1. The van der Waals surface area contributed by atoms with Crippen molar-refractivity contribution < 1.29 is 14.6 Å². The molecular weight excluding hydrogens is 392 g/mol. The number of amides is 1. The molecule has 3 unspecified atom stereocenters. The Morgan fingerprint density at radius 1 is 1.14 bits per heavy atom. The molecule has 2 aliphatic rings. The molecule has 2 aromatic rings.